The molecule has 8 nitrogen and oxygen atoms in total. The van der Waals surface area contributed by atoms with E-state index in [2.05, 4.69) is 25.9 Å². The molecule has 2 N–H and O–H groups in total. The maximum Gasteiger partial charge on any atom is 0.490 e. The highest BCUT2D eigenvalue weighted by atomic mass is 19.4. The van der Waals surface area contributed by atoms with Crippen LogP contribution in [0.5, 0.6) is 0 Å². The average molecular weight is 422 g/mol. The molecule has 1 atom stereocenters. The van der Waals surface area contributed by atoms with E-state index in [1.165, 1.54) is 0 Å². The summed E-state index contributed by atoms with van der Waals surface area (Å²) in [7, 11) is 4.02. The van der Waals surface area contributed by atoms with Crippen LogP contribution in [0.4, 0.5) is 24.9 Å². The summed E-state index contributed by atoms with van der Waals surface area (Å²) in [5.41, 5.74) is 0.964. The van der Waals surface area contributed by atoms with Crippen LogP contribution in [0.15, 0.2) is 36.7 Å². The number of aliphatic carboxylic acids is 1. The van der Waals surface area contributed by atoms with Gasteiger partial charge in [0.1, 0.15) is 11.6 Å². The molecule has 0 saturated carbocycles. The van der Waals surface area contributed by atoms with Crippen molar-refractivity contribution in [3.63, 3.8) is 0 Å². The van der Waals surface area contributed by atoms with Gasteiger partial charge < -0.3 is 19.9 Å². The molecular weight excluding hydrogens is 401 g/mol. The molecule has 0 aliphatic carbocycles. The molecule has 0 radical (unpaired) electrons. The number of nitrogens with zero attached hydrogens (tertiary/aromatic N) is 5. The van der Waals surface area contributed by atoms with Crippen molar-refractivity contribution < 1.29 is 23.1 Å². The van der Waals surface area contributed by atoms with E-state index in [-0.39, 0.29) is 0 Å². The van der Waals surface area contributed by atoms with E-state index < -0.39 is 12.1 Å². The number of hydrogen-bond acceptors (Lipinski definition) is 6. The van der Waals surface area contributed by atoms with Crippen molar-refractivity contribution in [3.05, 3.63) is 42.5 Å². The Morgan fingerprint density at radius 3 is 2.63 bits per heavy atom. The molecular formula is C19H21F3N6O2. The van der Waals surface area contributed by atoms with Gasteiger partial charge in [0.25, 0.3) is 0 Å². The fourth-order valence-electron chi connectivity index (χ4n) is 3.12. The van der Waals surface area contributed by atoms with E-state index in [1.807, 2.05) is 49.6 Å². The monoisotopic (exact) mass is 422 g/mol. The Morgan fingerprint density at radius 1 is 1.27 bits per heavy atom. The molecule has 0 bridgehead atoms. The molecule has 160 valence electrons. The van der Waals surface area contributed by atoms with E-state index in [9.17, 15) is 13.2 Å². The molecule has 1 unspecified atom stereocenters. The molecule has 2 aromatic heterocycles. The van der Waals surface area contributed by atoms with Gasteiger partial charge in [-0.1, -0.05) is 12.1 Å². The summed E-state index contributed by atoms with van der Waals surface area (Å²) in [5.74, 6) is 0.00249. The van der Waals surface area contributed by atoms with Crippen LogP contribution in [0.2, 0.25) is 0 Å². The molecule has 0 spiro atoms. The molecule has 3 aromatic rings. The second kappa shape index (κ2) is 8.56. The van der Waals surface area contributed by atoms with E-state index in [4.69, 9.17) is 14.9 Å². The Balaban J connectivity index is 0.000000318. The lowest BCUT2D eigenvalue weighted by atomic mass is 10.1. The van der Waals surface area contributed by atoms with Crippen molar-refractivity contribution in [3.8, 4) is 0 Å². The van der Waals surface area contributed by atoms with E-state index in [1.54, 1.807) is 0 Å². The summed E-state index contributed by atoms with van der Waals surface area (Å²) in [4.78, 5) is 24.7. The molecule has 1 aromatic carbocycles. The number of benzene rings is 1. The fraction of sp³-hybridized carbons (Fsp3) is 0.368. The largest absolute Gasteiger partial charge is 0.490 e. The number of para-hydroxylation sites is 1. The number of aryl methyl sites for hydroxylation is 1. The molecule has 1 aliphatic rings. The number of imidazole rings is 1. The molecule has 30 heavy (non-hydrogen) atoms. The minimum atomic E-state index is -5.08. The van der Waals surface area contributed by atoms with Gasteiger partial charge >= 0.3 is 12.1 Å². The van der Waals surface area contributed by atoms with Crippen LogP contribution in [0, 0.1) is 0 Å². The van der Waals surface area contributed by atoms with Gasteiger partial charge in [0.15, 0.2) is 0 Å². The summed E-state index contributed by atoms with van der Waals surface area (Å²) < 4.78 is 33.9. The summed E-state index contributed by atoms with van der Waals surface area (Å²) in [6.45, 7) is 0.987. The summed E-state index contributed by atoms with van der Waals surface area (Å²) >= 11 is 0. The first-order valence-corrected chi connectivity index (χ1v) is 9.16. The van der Waals surface area contributed by atoms with Crippen LogP contribution >= 0.6 is 0 Å². The quantitative estimate of drug-likeness (QED) is 0.670. The second-order valence-corrected chi connectivity index (χ2v) is 6.96. The van der Waals surface area contributed by atoms with Crippen LogP contribution in [0.25, 0.3) is 10.9 Å². The van der Waals surface area contributed by atoms with Crippen LogP contribution in [-0.4, -0.2) is 56.9 Å². The number of carbonyl (C=O) groups is 1. The zero-order valence-electron chi connectivity index (χ0n) is 16.4. The van der Waals surface area contributed by atoms with Gasteiger partial charge in [-0.15, -0.1) is 0 Å². The minimum Gasteiger partial charge on any atom is -0.475 e. The van der Waals surface area contributed by atoms with Crippen molar-refractivity contribution in [1.82, 2.24) is 19.5 Å². The first-order chi connectivity index (χ1) is 14.1. The number of halogens is 3. The predicted octanol–water partition coefficient (Wildman–Crippen LogP) is 2.95. The SMILES string of the molecule is CN(C)c1nc(NC2CCn3ccnc3C2)nc2ccccc12.O=C(O)C(F)(F)F. The maximum atomic E-state index is 10.6. The van der Waals surface area contributed by atoms with Crippen LogP contribution in [0.1, 0.15) is 12.2 Å². The normalized spacial score (nSPS) is 15.7. The van der Waals surface area contributed by atoms with Crippen LogP contribution in [-0.2, 0) is 17.8 Å². The molecule has 4 rings (SSSR count). The highest BCUT2D eigenvalue weighted by molar-refractivity contribution is 5.90. The fourth-order valence-corrected chi connectivity index (χ4v) is 3.12. The van der Waals surface area contributed by atoms with Crippen molar-refractivity contribution in [2.45, 2.75) is 31.6 Å². The molecule has 0 amide bonds. The Hall–Kier alpha value is -3.37. The lowest BCUT2D eigenvalue weighted by Crippen LogP contribution is -2.31. The third-order valence-electron chi connectivity index (χ3n) is 4.53. The molecule has 0 fully saturated rings. The number of hydrogen-bond donors (Lipinski definition) is 2. The van der Waals surface area contributed by atoms with Gasteiger partial charge in [0.2, 0.25) is 5.95 Å². The molecule has 3 heterocycles. The summed E-state index contributed by atoms with van der Waals surface area (Å²) in [6.07, 6.45) is 0.786. The highest BCUT2D eigenvalue weighted by Gasteiger charge is 2.38. The number of aromatic nitrogens is 4. The number of nitrogens with one attached hydrogen (secondary N) is 1. The number of fused-ring (bicyclic) bond motifs is 2. The standard InChI is InChI=1S/C17H20N6.C2HF3O2/c1-22(2)16-13-5-3-4-6-14(13)20-17(21-16)19-12-7-9-23-10-8-18-15(23)11-12;3-2(4,5)1(6)7/h3-6,8,10,12H,7,9,11H2,1-2H3,(H,19,20,21);(H,6,7). The Labute approximate surface area is 170 Å². The average Bonchev–Trinajstić information content (AvgIpc) is 3.15. The zero-order valence-corrected chi connectivity index (χ0v) is 16.4. The minimum absolute atomic E-state index is 0.320. The first kappa shape index (κ1) is 21.3. The zero-order chi connectivity index (χ0) is 21.9. The molecule has 1 aliphatic heterocycles. The molecule has 0 saturated heterocycles. The molecule has 11 heteroatoms. The maximum absolute atomic E-state index is 10.6. The van der Waals surface area contributed by atoms with Gasteiger partial charge in [-0.05, 0) is 18.6 Å². The number of anilines is 2. The van der Waals surface area contributed by atoms with Crippen molar-refractivity contribution >= 4 is 28.6 Å². The number of carboxylic acid groups (broad SMARTS) is 1. The smallest absolute Gasteiger partial charge is 0.475 e. The van der Waals surface area contributed by atoms with Crippen molar-refractivity contribution in [2.24, 2.45) is 0 Å². The Morgan fingerprint density at radius 2 is 1.97 bits per heavy atom. The van der Waals surface area contributed by atoms with Gasteiger partial charge in [0, 0.05) is 50.9 Å². The van der Waals surface area contributed by atoms with Gasteiger partial charge in [-0.3, -0.25) is 0 Å². The summed E-state index contributed by atoms with van der Waals surface area (Å²) in [5, 5.41) is 11.7. The third kappa shape index (κ3) is 4.97. The number of carboxylic acids is 1. The first-order valence-electron chi connectivity index (χ1n) is 9.16. The van der Waals surface area contributed by atoms with Crippen LogP contribution < -0.4 is 10.2 Å². The van der Waals surface area contributed by atoms with Crippen molar-refractivity contribution in [1.29, 1.82) is 0 Å². The second-order valence-electron chi connectivity index (χ2n) is 6.96. The predicted molar refractivity (Wildman–Crippen MR) is 106 cm³/mol. The van der Waals surface area contributed by atoms with Gasteiger partial charge in [-0.25, -0.2) is 14.8 Å². The van der Waals surface area contributed by atoms with Gasteiger partial charge in [0.05, 0.1) is 5.52 Å². The lowest BCUT2D eigenvalue weighted by molar-refractivity contribution is -0.192. The van der Waals surface area contributed by atoms with Crippen LogP contribution in [0.3, 0.4) is 0 Å². The van der Waals surface area contributed by atoms with E-state index in [0.29, 0.717) is 12.0 Å². The van der Waals surface area contributed by atoms with E-state index >= 15 is 0 Å². The topological polar surface area (TPSA) is 96.2 Å². The Bertz CT molecular complexity index is 1030. The van der Waals surface area contributed by atoms with E-state index in [0.717, 1.165) is 41.9 Å². The number of rotatable bonds is 3. The van der Waals surface area contributed by atoms with Crippen molar-refractivity contribution in [2.75, 3.05) is 24.3 Å². The number of alkyl halides is 3. The highest BCUT2D eigenvalue weighted by Crippen LogP contribution is 2.25. The van der Waals surface area contributed by atoms with Gasteiger partial charge in [-0.2, -0.15) is 18.2 Å². The summed E-state index contributed by atoms with van der Waals surface area (Å²) in [6, 6.07) is 8.44. The third-order valence-corrected chi connectivity index (χ3v) is 4.53. The lowest BCUT2D eigenvalue weighted by Gasteiger charge is -2.25. The Kier molecular flexibility index (Phi) is 6.09.